The van der Waals surface area contributed by atoms with Crippen LogP contribution >= 0.6 is 22.9 Å². The Balaban J connectivity index is 1.39. The zero-order valence-corrected chi connectivity index (χ0v) is 20.5. The second-order valence-electron chi connectivity index (χ2n) is 8.18. The van der Waals surface area contributed by atoms with Gasteiger partial charge in [-0.25, -0.2) is 13.2 Å². The number of carbonyl (C=O) groups excluding carboxylic acids is 2. The maximum absolute atomic E-state index is 12.9. The SMILES string of the molecule is CC1CCc2c(C(=O)OCC(=O)Nc3cc(S(=O)(=O)N4CCOCC4)ccc3Cl)csc2C1. The fraction of sp³-hybridized carbons (Fsp3) is 0.455. The molecular formula is C22H25ClN2O6S2. The summed E-state index contributed by atoms with van der Waals surface area (Å²) in [5.74, 6) is -0.547. The van der Waals surface area contributed by atoms with Crippen LogP contribution in [0.15, 0.2) is 28.5 Å². The van der Waals surface area contributed by atoms with Crippen molar-refractivity contribution < 1.29 is 27.5 Å². The van der Waals surface area contributed by atoms with Crippen molar-refractivity contribution in [3.8, 4) is 0 Å². The third-order valence-corrected chi connectivity index (χ3v) is 9.05. The molecule has 2 aliphatic rings. The van der Waals surface area contributed by atoms with Crippen LogP contribution in [0.25, 0.3) is 0 Å². The molecule has 1 amide bonds. The quantitative estimate of drug-likeness (QED) is 0.595. The van der Waals surface area contributed by atoms with E-state index in [-0.39, 0.29) is 28.7 Å². The maximum atomic E-state index is 12.9. The van der Waals surface area contributed by atoms with Crippen LogP contribution in [0, 0.1) is 5.92 Å². The van der Waals surface area contributed by atoms with Crippen LogP contribution in [-0.4, -0.2) is 57.5 Å². The van der Waals surface area contributed by atoms with E-state index in [9.17, 15) is 18.0 Å². The van der Waals surface area contributed by atoms with Crippen LogP contribution in [0.4, 0.5) is 5.69 Å². The average molecular weight is 513 g/mol. The van der Waals surface area contributed by atoms with Crippen LogP contribution in [0.2, 0.25) is 5.02 Å². The van der Waals surface area contributed by atoms with Crippen molar-refractivity contribution in [2.75, 3.05) is 38.2 Å². The number of nitrogens with one attached hydrogen (secondary N) is 1. The molecule has 0 spiro atoms. The number of sulfonamides is 1. The monoisotopic (exact) mass is 512 g/mol. The number of amides is 1. The number of hydrogen-bond donors (Lipinski definition) is 1. The number of nitrogens with zero attached hydrogens (tertiary/aromatic N) is 1. The number of hydrogen-bond acceptors (Lipinski definition) is 7. The number of benzene rings is 1. The van der Waals surface area contributed by atoms with Crippen molar-refractivity contribution in [2.45, 2.75) is 31.1 Å². The highest BCUT2D eigenvalue weighted by molar-refractivity contribution is 7.89. The summed E-state index contributed by atoms with van der Waals surface area (Å²) in [6, 6.07) is 4.11. The topological polar surface area (TPSA) is 102 Å². The summed E-state index contributed by atoms with van der Waals surface area (Å²) in [4.78, 5) is 26.2. The molecule has 178 valence electrons. The molecule has 1 fully saturated rings. The number of anilines is 1. The fourth-order valence-electron chi connectivity index (χ4n) is 3.94. The first-order chi connectivity index (χ1) is 15.8. The van der Waals surface area contributed by atoms with E-state index in [4.69, 9.17) is 21.1 Å². The first kappa shape index (κ1) is 24.2. The van der Waals surface area contributed by atoms with Crippen LogP contribution in [0.3, 0.4) is 0 Å². The third kappa shape index (κ3) is 5.41. The number of halogens is 1. The fourth-order valence-corrected chi connectivity index (χ4v) is 6.77. The Labute approximate surface area is 201 Å². The lowest BCUT2D eigenvalue weighted by Gasteiger charge is -2.26. The van der Waals surface area contributed by atoms with Gasteiger partial charge in [0.1, 0.15) is 0 Å². The van der Waals surface area contributed by atoms with Gasteiger partial charge in [0.15, 0.2) is 6.61 Å². The van der Waals surface area contributed by atoms with Gasteiger partial charge in [-0.2, -0.15) is 4.31 Å². The zero-order valence-electron chi connectivity index (χ0n) is 18.1. The molecule has 0 bridgehead atoms. The molecule has 1 N–H and O–H groups in total. The van der Waals surface area contributed by atoms with Gasteiger partial charge in [-0.15, -0.1) is 11.3 Å². The van der Waals surface area contributed by atoms with E-state index in [2.05, 4.69) is 12.2 Å². The Bertz CT molecular complexity index is 1160. The lowest BCUT2D eigenvalue weighted by molar-refractivity contribution is -0.119. The molecule has 1 aliphatic carbocycles. The molecule has 2 aromatic rings. The maximum Gasteiger partial charge on any atom is 0.339 e. The molecular weight excluding hydrogens is 488 g/mol. The summed E-state index contributed by atoms with van der Waals surface area (Å²) >= 11 is 7.71. The summed E-state index contributed by atoms with van der Waals surface area (Å²) in [5, 5.41) is 4.51. The Hall–Kier alpha value is -1.98. The van der Waals surface area contributed by atoms with Gasteiger partial charge in [0.2, 0.25) is 10.0 Å². The third-order valence-electron chi connectivity index (χ3n) is 5.78. The predicted octanol–water partition coefficient (Wildman–Crippen LogP) is 3.34. The summed E-state index contributed by atoms with van der Waals surface area (Å²) in [6.07, 6.45) is 2.80. The highest BCUT2D eigenvalue weighted by atomic mass is 35.5. The second kappa shape index (κ2) is 10.1. The molecule has 1 aromatic heterocycles. The van der Waals surface area contributed by atoms with E-state index in [1.165, 1.54) is 27.4 Å². The molecule has 11 heteroatoms. The van der Waals surface area contributed by atoms with Crippen molar-refractivity contribution in [1.82, 2.24) is 4.31 Å². The average Bonchev–Trinajstić information content (AvgIpc) is 3.22. The number of fused-ring (bicyclic) bond motifs is 1. The zero-order chi connectivity index (χ0) is 23.6. The largest absolute Gasteiger partial charge is 0.452 e. The van der Waals surface area contributed by atoms with Crippen LogP contribution in [0.5, 0.6) is 0 Å². The predicted molar refractivity (Wildman–Crippen MR) is 125 cm³/mol. The van der Waals surface area contributed by atoms with Crippen molar-refractivity contribution in [3.05, 3.63) is 44.6 Å². The van der Waals surface area contributed by atoms with Crippen molar-refractivity contribution in [3.63, 3.8) is 0 Å². The summed E-state index contributed by atoms with van der Waals surface area (Å²) in [7, 11) is -3.75. The van der Waals surface area contributed by atoms with Gasteiger partial charge in [-0.05, 0) is 48.9 Å². The minimum atomic E-state index is -3.75. The normalized spacial score (nSPS) is 19.0. The van der Waals surface area contributed by atoms with Crippen LogP contribution in [-0.2, 0) is 37.1 Å². The number of ether oxygens (including phenoxy) is 2. The lowest BCUT2D eigenvalue weighted by atomic mass is 9.88. The number of morpholine rings is 1. The van der Waals surface area contributed by atoms with Gasteiger partial charge < -0.3 is 14.8 Å². The Morgan fingerprint density at radius 2 is 2.06 bits per heavy atom. The van der Waals surface area contributed by atoms with Crippen molar-refractivity contribution in [2.24, 2.45) is 5.92 Å². The first-order valence-corrected chi connectivity index (χ1v) is 13.4. The molecule has 1 saturated heterocycles. The number of thiophene rings is 1. The van der Waals surface area contributed by atoms with Crippen LogP contribution < -0.4 is 5.32 Å². The number of rotatable bonds is 6. The minimum absolute atomic E-state index is 0.0141. The van der Waals surface area contributed by atoms with Gasteiger partial charge in [-0.3, -0.25) is 4.79 Å². The Morgan fingerprint density at radius 3 is 2.82 bits per heavy atom. The molecule has 1 unspecified atom stereocenters. The van der Waals surface area contributed by atoms with Gasteiger partial charge in [0, 0.05) is 23.3 Å². The summed E-state index contributed by atoms with van der Waals surface area (Å²) < 4.78 is 37.5. The number of esters is 1. The molecule has 8 nitrogen and oxygen atoms in total. The van der Waals surface area contributed by atoms with E-state index >= 15 is 0 Å². The lowest BCUT2D eigenvalue weighted by Crippen LogP contribution is -2.40. The highest BCUT2D eigenvalue weighted by Gasteiger charge is 2.27. The van der Waals surface area contributed by atoms with E-state index in [0.29, 0.717) is 24.7 Å². The molecule has 0 radical (unpaired) electrons. The first-order valence-electron chi connectivity index (χ1n) is 10.7. The number of carbonyl (C=O) groups is 2. The minimum Gasteiger partial charge on any atom is -0.452 e. The van der Waals surface area contributed by atoms with Gasteiger partial charge >= 0.3 is 5.97 Å². The summed E-state index contributed by atoms with van der Waals surface area (Å²) in [5.41, 5.74) is 1.67. The van der Waals surface area contributed by atoms with E-state index in [0.717, 1.165) is 24.8 Å². The molecule has 4 rings (SSSR count). The van der Waals surface area contributed by atoms with Gasteiger partial charge in [0.25, 0.3) is 5.91 Å². The summed E-state index contributed by atoms with van der Waals surface area (Å²) in [6.45, 7) is 2.86. The molecule has 2 heterocycles. The van der Waals surface area contributed by atoms with Gasteiger partial charge in [-0.1, -0.05) is 18.5 Å². The smallest absolute Gasteiger partial charge is 0.339 e. The Morgan fingerprint density at radius 1 is 1.30 bits per heavy atom. The highest BCUT2D eigenvalue weighted by Crippen LogP contribution is 2.33. The van der Waals surface area contributed by atoms with E-state index in [1.54, 1.807) is 16.7 Å². The molecule has 1 atom stereocenters. The Kier molecular flexibility index (Phi) is 7.40. The van der Waals surface area contributed by atoms with Crippen molar-refractivity contribution in [1.29, 1.82) is 0 Å². The van der Waals surface area contributed by atoms with Gasteiger partial charge in [0.05, 0.1) is 34.4 Å². The molecule has 1 aliphatic heterocycles. The van der Waals surface area contributed by atoms with E-state index < -0.39 is 28.5 Å². The van der Waals surface area contributed by atoms with Crippen molar-refractivity contribution >= 4 is 50.5 Å². The van der Waals surface area contributed by atoms with Crippen LogP contribution in [0.1, 0.15) is 34.1 Å². The molecule has 33 heavy (non-hydrogen) atoms. The van der Waals surface area contributed by atoms with E-state index in [1.807, 2.05) is 0 Å². The molecule has 0 saturated carbocycles. The second-order valence-corrected chi connectivity index (χ2v) is 11.5. The molecule has 1 aromatic carbocycles. The standard InChI is InChI=1S/C22H25ClN2O6S2/c1-14-2-4-16-17(13-32-20(16)10-14)22(27)31-12-21(26)24-19-11-15(3-5-18(19)23)33(28,29)25-6-8-30-9-7-25/h3,5,11,13-14H,2,4,6-10,12H2,1H3,(H,24,26).